The van der Waals surface area contributed by atoms with Crippen molar-refractivity contribution in [2.24, 2.45) is 0 Å². The van der Waals surface area contributed by atoms with Crippen LogP contribution in [0.1, 0.15) is 37.2 Å². The van der Waals surface area contributed by atoms with E-state index in [2.05, 4.69) is 17.4 Å². The van der Waals surface area contributed by atoms with E-state index in [1.54, 1.807) is 4.31 Å². The van der Waals surface area contributed by atoms with Crippen molar-refractivity contribution in [1.82, 2.24) is 9.62 Å². The quantitative estimate of drug-likeness (QED) is 0.875. The summed E-state index contributed by atoms with van der Waals surface area (Å²) in [5, 5.41) is 3.63. The predicted octanol–water partition coefficient (Wildman–Crippen LogP) is 3.51. The Balaban J connectivity index is 1.68. The first kappa shape index (κ1) is 18.6. The van der Waals surface area contributed by atoms with Crippen molar-refractivity contribution in [3.8, 4) is 0 Å². The molecule has 2 heterocycles. The molecule has 0 spiro atoms. The SMILES string of the molecule is O=S(=O)(c1ccc(F)cc1)N1CC[C@H](c2ccccc2)[C@H]2NCCCC[C@H]21. The Morgan fingerprint density at radius 3 is 2.44 bits per heavy atom. The summed E-state index contributed by atoms with van der Waals surface area (Å²) in [5.74, 6) is -0.125. The standard InChI is InChI=1S/C21H25FN2O2S/c22-17-9-11-18(12-10-17)27(25,26)24-15-13-19(16-6-2-1-3-7-16)21-20(24)8-4-5-14-23-21/h1-3,6-7,9-12,19-21,23H,4-5,8,13-15H2/t19-,20-,21-/m1/s1. The van der Waals surface area contributed by atoms with Gasteiger partial charge in [-0.1, -0.05) is 36.8 Å². The Labute approximate surface area is 160 Å². The van der Waals surface area contributed by atoms with Crippen molar-refractivity contribution in [3.63, 3.8) is 0 Å². The predicted molar refractivity (Wildman–Crippen MR) is 104 cm³/mol. The van der Waals surface area contributed by atoms with Gasteiger partial charge in [-0.25, -0.2) is 12.8 Å². The van der Waals surface area contributed by atoms with E-state index in [0.29, 0.717) is 12.5 Å². The fourth-order valence-corrected chi connectivity index (χ4v) is 6.21. The average molecular weight is 389 g/mol. The van der Waals surface area contributed by atoms with Crippen LogP contribution >= 0.6 is 0 Å². The molecule has 1 N–H and O–H groups in total. The highest BCUT2D eigenvalue weighted by Gasteiger charge is 2.44. The molecule has 4 nitrogen and oxygen atoms in total. The van der Waals surface area contributed by atoms with Gasteiger partial charge >= 0.3 is 0 Å². The number of rotatable bonds is 3. The number of hydrogen-bond donors (Lipinski definition) is 1. The molecule has 4 rings (SSSR count). The molecule has 2 aromatic carbocycles. The van der Waals surface area contributed by atoms with Crippen LogP contribution in [0.4, 0.5) is 4.39 Å². The fourth-order valence-electron chi connectivity index (χ4n) is 4.52. The number of benzene rings is 2. The second-order valence-corrected chi connectivity index (χ2v) is 9.31. The van der Waals surface area contributed by atoms with Crippen LogP contribution in [0, 0.1) is 5.82 Å². The molecule has 2 aliphatic heterocycles. The molecule has 0 unspecified atom stereocenters. The minimum Gasteiger partial charge on any atom is -0.312 e. The second-order valence-electron chi connectivity index (χ2n) is 7.42. The molecule has 27 heavy (non-hydrogen) atoms. The van der Waals surface area contributed by atoms with Crippen molar-refractivity contribution in [2.45, 2.75) is 48.6 Å². The van der Waals surface area contributed by atoms with Gasteiger partial charge in [0.25, 0.3) is 0 Å². The molecular formula is C21H25FN2O2S. The Morgan fingerprint density at radius 1 is 0.963 bits per heavy atom. The molecule has 0 saturated carbocycles. The summed E-state index contributed by atoms with van der Waals surface area (Å²) in [6, 6.07) is 15.6. The largest absolute Gasteiger partial charge is 0.312 e. The van der Waals surface area contributed by atoms with E-state index in [1.807, 2.05) is 18.2 Å². The number of hydrogen-bond acceptors (Lipinski definition) is 3. The van der Waals surface area contributed by atoms with Crippen LogP contribution in [0.2, 0.25) is 0 Å². The number of nitrogens with one attached hydrogen (secondary N) is 1. The molecule has 0 amide bonds. The molecular weight excluding hydrogens is 363 g/mol. The van der Waals surface area contributed by atoms with E-state index in [4.69, 9.17) is 0 Å². The van der Waals surface area contributed by atoms with Crippen molar-refractivity contribution >= 4 is 10.0 Å². The van der Waals surface area contributed by atoms with Gasteiger partial charge in [-0.3, -0.25) is 0 Å². The maximum absolute atomic E-state index is 13.3. The van der Waals surface area contributed by atoms with Gasteiger partial charge in [0.1, 0.15) is 5.82 Å². The Kier molecular flexibility index (Phi) is 5.30. The summed E-state index contributed by atoms with van der Waals surface area (Å²) < 4.78 is 41.5. The molecule has 144 valence electrons. The maximum Gasteiger partial charge on any atom is 0.243 e. The molecule has 0 radical (unpaired) electrons. The number of nitrogens with zero attached hydrogens (tertiary/aromatic N) is 1. The van der Waals surface area contributed by atoms with Crippen molar-refractivity contribution in [3.05, 3.63) is 66.0 Å². The van der Waals surface area contributed by atoms with Crippen LogP contribution in [0.3, 0.4) is 0 Å². The monoisotopic (exact) mass is 388 g/mol. The summed E-state index contributed by atoms with van der Waals surface area (Å²) in [6.45, 7) is 1.40. The van der Waals surface area contributed by atoms with Gasteiger partial charge < -0.3 is 5.32 Å². The van der Waals surface area contributed by atoms with Crippen LogP contribution in [0.25, 0.3) is 0 Å². The smallest absolute Gasteiger partial charge is 0.243 e. The van der Waals surface area contributed by atoms with E-state index >= 15 is 0 Å². The van der Waals surface area contributed by atoms with Crippen molar-refractivity contribution in [1.29, 1.82) is 0 Å². The summed E-state index contributed by atoms with van der Waals surface area (Å²) in [4.78, 5) is 0.171. The Morgan fingerprint density at radius 2 is 1.70 bits per heavy atom. The van der Waals surface area contributed by atoms with Gasteiger partial charge in [0.05, 0.1) is 4.90 Å². The zero-order valence-corrected chi connectivity index (χ0v) is 16.0. The van der Waals surface area contributed by atoms with Crippen LogP contribution in [-0.2, 0) is 10.0 Å². The number of piperidine rings is 1. The highest BCUT2D eigenvalue weighted by atomic mass is 32.2. The fraction of sp³-hybridized carbons (Fsp3) is 0.429. The van der Waals surface area contributed by atoms with Gasteiger partial charge in [0.2, 0.25) is 10.0 Å². The molecule has 2 aromatic rings. The summed E-state index contributed by atoms with van der Waals surface area (Å²) >= 11 is 0. The molecule has 0 aliphatic carbocycles. The first-order chi connectivity index (χ1) is 13.1. The third-order valence-corrected chi connectivity index (χ3v) is 7.77. The first-order valence-corrected chi connectivity index (χ1v) is 11.1. The molecule has 6 heteroatoms. The van der Waals surface area contributed by atoms with Gasteiger partial charge in [-0.15, -0.1) is 0 Å². The molecule has 2 fully saturated rings. The summed E-state index contributed by atoms with van der Waals surface area (Å²) in [5.41, 5.74) is 1.26. The lowest BCUT2D eigenvalue weighted by atomic mass is 9.81. The minimum absolute atomic E-state index is 0.0819. The Hall–Kier alpha value is -1.76. The van der Waals surface area contributed by atoms with E-state index in [1.165, 1.54) is 29.8 Å². The van der Waals surface area contributed by atoms with Crippen molar-refractivity contribution < 1.29 is 12.8 Å². The topological polar surface area (TPSA) is 49.4 Å². The zero-order chi connectivity index (χ0) is 18.9. The second kappa shape index (κ2) is 7.70. The Bertz CT molecular complexity index is 871. The number of sulfonamides is 1. The highest BCUT2D eigenvalue weighted by molar-refractivity contribution is 7.89. The molecule has 0 bridgehead atoms. The lowest BCUT2D eigenvalue weighted by molar-refractivity contribution is 0.175. The normalized spacial score (nSPS) is 26.9. The molecule has 2 aliphatic rings. The van der Waals surface area contributed by atoms with E-state index < -0.39 is 15.8 Å². The van der Waals surface area contributed by atoms with Crippen LogP contribution in [0.15, 0.2) is 59.5 Å². The lowest BCUT2D eigenvalue weighted by Crippen LogP contribution is -2.58. The van der Waals surface area contributed by atoms with E-state index in [0.717, 1.165) is 32.2 Å². The highest BCUT2D eigenvalue weighted by Crippen LogP contribution is 2.37. The lowest BCUT2D eigenvalue weighted by Gasteiger charge is -2.44. The van der Waals surface area contributed by atoms with Gasteiger partial charge in [-0.2, -0.15) is 4.31 Å². The van der Waals surface area contributed by atoms with Crippen LogP contribution in [-0.4, -0.2) is 37.9 Å². The average Bonchev–Trinajstić information content (AvgIpc) is 2.94. The van der Waals surface area contributed by atoms with Crippen molar-refractivity contribution in [2.75, 3.05) is 13.1 Å². The van der Waals surface area contributed by atoms with Crippen LogP contribution in [0.5, 0.6) is 0 Å². The molecule has 2 saturated heterocycles. The summed E-state index contributed by atoms with van der Waals surface area (Å²) in [6.07, 6.45) is 3.68. The van der Waals surface area contributed by atoms with E-state index in [9.17, 15) is 12.8 Å². The molecule has 0 aromatic heterocycles. The van der Waals surface area contributed by atoms with Gasteiger partial charge in [0.15, 0.2) is 0 Å². The summed E-state index contributed by atoms with van der Waals surface area (Å²) in [7, 11) is -3.64. The minimum atomic E-state index is -3.64. The number of halogens is 1. The zero-order valence-electron chi connectivity index (χ0n) is 15.2. The van der Waals surface area contributed by atoms with Gasteiger partial charge in [-0.05, 0) is 55.6 Å². The van der Waals surface area contributed by atoms with Gasteiger partial charge in [0, 0.05) is 24.5 Å². The first-order valence-electron chi connectivity index (χ1n) is 9.63. The molecule has 3 atom stereocenters. The third-order valence-electron chi connectivity index (χ3n) is 5.83. The maximum atomic E-state index is 13.3. The van der Waals surface area contributed by atoms with Crippen LogP contribution < -0.4 is 5.32 Å². The van der Waals surface area contributed by atoms with E-state index in [-0.39, 0.29) is 17.0 Å². The third kappa shape index (κ3) is 3.66. The number of fused-ring (bicyclic) bond motifs is 1.